The van der Waals surface area contributed by atoms with Crippen molar-refractivity contribution in [2.75, 3.05) is 45.7 Å². The summed E-state index contributed by atoms with van der Waals surface area (Å²) in [5.74, 6) is 0. The fraction of sp³-hybridized carbons (Fsp3) is 0.643. The highest BCUT2D eigenvalue weighted by atomic mass is 16.5. The first kappa shape index (κ1) is 13.3. The highest BCUT2D eigenvalue weighted by Crippen LogP contribution is 2.28. The lowest BCUT2D eigenvalue weighted by atomic mass is 9.91. The lowest BCUT2D eigenvalue weighted by Crippen LogP contribution is -2.54. The van der Waals surface area contributed by atoms with Gasteiger partial charge in [-0.3, -0.25) is 4.98 Å². The van der Waals surface area contributed by atoms with Gasteiger partial charge in [-0.2, -0.15) is 0 Å². The number of aromatic nitrogens is 1. The molecule has 1 fully saturated rings. The van der Waals surface area contributed by atoms with E-state index in [1.54, 1.807) is 0 Å². The Labute approximate surface area is 110 Å². The predicted octanol–water partition coefficient (Wildman–Crippen LogP) is 1.63. The summed E-state index contributed by atoms with van der Waals surface area (Å²) in [6.45, 7) is 2.98. The van der Waals surface area contributed by atoms with Crippen LogP contribution in [0.4, 0.5) is 5.69 Å². The van der Waals surface area contributed by atoms with E-state index < -0.39 is 0 Å². The maximum Gasteiger partial charge on any atom is 0.0979 e. The highest BCUT2D eigenvalue weighted by Gasteiger charge is 2.36. The summed E-state index contributed by atoms with van der Waals surface area (Å²) in [6.07, 6.45) is 6.03. The van der Waals surface area contributed by atoms with E-state index in [1.807, 2.05) is 25.6 Å². The first-order valence-electron chi connectivity index (χ1n) is 6.50. The van der Waals surface area contributed by atoms with E-state index in [1.165, 1.54) is 5.69 Å². The molecule has 100 valence electrons. The van der Waals surface area contributed by atoms with E-state index in [9.17, 15) is 0 Å². The number of likely N-dealkylation sites (N-methyl/N-ethyl adjacent to an activating group) is 1. The first-order chi connectivity index (χ1) is 8.65. The quantitative estimate of drug-likeness (QED) is 0.811. The van der Waals surface area contributed by atoms with Crippen LogP contribution in [-0.2, 0) is 4.74 Å². The number of ether oxygens (including phenoxy) is 1. The zero-order valence-electron chi connectivity index (χ0n) is 11.6. The van der Waals surface area contributed by atoms with Crippen LogP contribution in [-0.4, -0.2) is 56.3 Å². The second-order valence-electron chi connectivity index (χ2n) is 5.36. The molecule has 0 bridgehead atoms. The van der Waals surface area contributed by atoms with Crippen molar-refractivity contribution in [2.45, 2.75) is 18.4 Å². The largest absolute Gasteiger partial charge is 0.375 e. The van der Waals surface area contributed by atoms with Gasteiger partial charge in [-0.25, -0.2) is 0 Å². The molecule has 0 aliphatic carbocycles. The molecule has 2 rings (SSSR count). The number of nitrogens with zero attached hydrogens (tertiary/aromatic N) is 3. The third-order valence-corrected chi connectivity index (χ3v) is 3.59. The maximum absolute atomic E-state index is 5.84. The Kier molecular flexibility index (Phi) is 4.19. The molecule has 0 N–H and O–H groups in total. The molecule has 4 heteroatoms. The number of methoxy groups -OCH3 is 1. The second-order valence-corrected chi connectivity index (χ2v) is 5.36. The van der Waals surface area contributed by atoms with E-state index in [4.69, 9.17) is 4.74 Å². The number of pyridine rings is 1. The highest BCUT2D eigenvalue weighted by molar-refractivity contribution is 5.44. The lowest BCUT2D eigenvalue weighted by molar-refractivity contribution is -0.0372. The summed E-state index contributed by atoms with van der Waals surface area (Å²) in [6, 6.07) is 4.11. The minimum Gasteiger partial charge on any atom is -0.375 e. The van der Waals surface area contributed by atoms with Gasteiger partial charge in [0.25, 0.3) is 0 Å². The second kappa shape index (κ2) is 5.67. The maximum atomic E-state index is 5.84. The molecule has 0 saturated carbocycles. The Morgan fingerprint density at radius 1 is 1.50 bits per heavy atom. The molecule has 4 nitrogen and oxygen atoms in total. The molecular formula is C14H23N3O. The Hall–Kier alpha value is -1.13. The number of hydrogen-bond acceptors (Lipinski definition) is 4. The molecule has 1 saturated heterocycles. The molecule has 0 aromatic carbocycles. The van der Waals surface area contributed by atoms with Crippen molar-refractivity contribution in [3.8, 4) is 0 Å². The van der Waals surface area contributed by atoms with Crippen LogP contribution in [0.5, 0.6) is 0 Å². The van der Waals surface area contributed by atoms with E-state index in [0.29, 0.717) is 0 Å². The Bertz CT molecular complexity index is 369. The van der Waals surface area contributed by atoms with Crippen LogP contribution in [0, 0.1) is 0 Å². The summed E-state index contributed by atoms with van der Waals surface area (Å²) < 4.78 is 5.84. The van der Waals surface area contributed by atoms with Gasteiger partial charge in [0, 0.05) is 32.9 Å². The fourth-order valence-electron chi connectivity index (χ4n) is 2.80. The summed E-state index contributed by atoms with van der Waals surface area (Å²) in [5, 5.41) is 0. The van der Waals surface area contributed by atoms with E-state index in [2.05, 4.69) is 34.9 Å². The number of piperidine rings is 1. The van der Waals surface area contributed by atoms with Crippen LogP contribution in [0.1, 0.15) is 12.8 Å². The van der Waals surface area contributed by atoms with Gasteiger partial charge in [0.15, 0.2) is 0 Å². The smallest absolute Gasteiger partial charge is 0.0979 e. The van der Waals surface area contributed by atoms with Crippen molar-refractivity contribution in [3.05, 3.63) is 24.5 Å². The fourth-order valence-corrected chi connectivity index (χ4v) is 2.80. The standard InChI is InChI=1S/C14H23N3O/c1-16(2)11-14(18-3)7-5-9-17(12-14)13-6-4-8-15-10-13/h4,6,8,10H,5,7,9,11-12H2,1-3H3. The molecule has 1 aliphatic heterocycles. The van der Waals surface area contributed by atoms with Gasteiger partial charge in [0.2, 0.25) is 0 Å². The predicted molar refractivity (Wildman–Crippen MR) is 74.0 cm³/mol. The van der Waals surface area contributed by atoms with E-state index in [-0.39, 0.29) is 5.60 Å². The van der Waals surface area contributed by atoms with Gasteiger partial charge in [0.05, 0.1) is 17.5 Å². The molecule has 0 radical (unpaired) electrons. The molecule has 1 aromatic rings. The van der Waals surface area contributed by atoms with Crippen molar-refractivity contribution in [1.29, 1.82) is 0 Å². The van der Waals surface area contributed by atoms with Gasteiger partial charge in [-0.1, -0.05) is 0 Å². The van der Waals surface area contributed by atoms with Gasteiger partial charge in [0.1, 0.15) is 0 Å². The molecule has 0 amide bonds. The molecule has 1 unspecified atom stereocenters. The summed E-state index contributed by atoms with van der Waals surface area (Å²) in [5.41, 5.74) is 1.13. The van der Waals surface area contributed by atoms with E-state index >= 15 is 0 Å². The van der Waals surface area contributed by atoms with Crippen LogP contribution in [0.3, 0.4) is 0 Å². The molecule has 1 aromatic heterocycles. The Morgan fingerprint density at radius 2 is 2.33 bits per heavy atom. The summed E-state index contributed by atoms with van der Waals surface area (Å²) in [4.78, 5) is 8.78. The third-order valence-electron chi connectivity index (χ3n) is 3.59. The van der Waals surface area contributed by atoms with E-state index in [0.717, 1.165) is 32.5 Å². The number of anilines is 1. The van der Waals surface area contributed by atoms with Crippen LogP contribution in [0.2, 0.25) is 0 Å². The Balaban J connectivity index is 2.12. The number of rotatable bonds is 4. The van der Waals surface area contributed by atoms with Crippen molar-refractivity contribution in [1.82, 2.24) is 9.88 Å². The minimum absolute atomic E-state index is 0.0579. The molecule has 0 spiro atoms. The molecule has 2 heterocycles. The van der Waals surface area contributed by atoms with Crippen LogP contribution in [0.15, 0.2) is 24.5 Å². The zero-order valence-corrected chi connectivity index (χ0v) is 11.6. The Morgan fingerprint density at radius 3 is 2.94 bits per heavy atom. The average Bonchev–Trinajstić information content (AvgIpc) is 2.39. The zero-order chi connectivity index (χ0) is 13.0. The number of hydrogen-bond donors (Lipinski definition) is 0. The normalized spacial score (nSPS) is 24.6. The van der Waals surface area contributed by atoms with Gasteiger partial charge in [-0.15, -0.1) is 0 Å². The summed E-state index contributed by atoms with van der Waals surface area (Å²) in [7, 11) is 6.03. The SMILES string of the molecule is COC1(CN(C)C)CCCN(c2cccnc2)C1. The van der Waals surface area contributed by atoms with Gasteiger partial charge >= 0.3 is 0 Å². The van der Waals surface area contributed by atoms with Gasteiger partial charge < -0.3 is 14.5 Å². The third kappa shape index (κ3) is 3.00. The van der Waals surface area contributed by atoms with Crippen molar-refractivity contribution < 1.29 is 4.74 Å². The average molecular weight is 249 g/mol. The molecule has 18 heavy (non-hydrogen) atoms. The van der Waals surface area contributed by atoms with Crippen LogP contribution < -0.4 is 4.90 Å². The lowest BCUT2D eigenvalue weighted by Gasteiger charge is -2.44. The minimum atomic E-state index is -0.0579. The summed E-state index contributed by atoms with van der Waals surface area (Å²) >= 11 is 0. The van der Waals surface area contributed by atoms with Crippen LogP contribution >= 0.6 is 0 Å². The molecule has 1 aliphatic rings. The van der Waals surface area contributed by atoms with Crippen molar-refractivity contribution >= 4 is 5.69 Å². The van der Waals surface area contributed by atoms with Crippen LogP contribution in [0.25, 0.3) is 0 Å². The van der Waals surface area contributed by atoms with Gasteiger partial charge in [-0.05, 0) is 39.1 Å². The van der Waals surface area contributed by atoms with Crippen molar-refractivity contribution in [2.24, 2.45) is 0 Å². The van der Waals surface area contributed by atoms with Crippen molar-refractivity contribution in [3.63, 3.8) is 0 Å². The molecular weight excluding hydrogens is 226 g/mol. The topological polar surface area (TPSA) is 28.6 Å². The first-order valence-corrected chi connectivity index (χ1v) is 6.50. The molecule has 1 atom stereocenters. The monoisotopic (exact) mass is 249 g/mol.